The number of halogens is 3. The van der Waals surface area contributed by atoms with Crippen LogP contribution in [0.1, 0.15) is 31.4 Å². The third-order valence-corrected chi connectivity index (χ3v) is 6.47. The van der Waals surface area contributed by atoms with Gasteiger partial charge in [-0.15, -0.1) is 11.3 Å². The number of benzene rings is 1. The lowest BCUT2D eigenvalue weighted by molar-refractivity contribution is -0.140. The molecule has 182 valence electrons. The summed E-state index contributed by atoms with van der Waals surface area (Å²) in [5, 5.41) is 9.50. The van der Waals surface area contributed by atoms with Gasteiger partial charge in [-0.1, -0.05) is 29.8 Å². The molecule has 0 unspecified atom stereocenters. The average Bonchev–Trinajstić information content (AvgIpc) is 3.58. The Kier molecular flexibility index (Phi) is 5.59. The number of primary amides is 1. The fraction of sp³-hybridized carbons (Fsp3) is 0.0833. The van der Waals surface area contributed by atoms with Gasteiger partial charge in [-0.2, -0.15) is 18.3 Å². The molecule has 4 N–H and O–H groups in total. The number of alkyl halides is 3. The Morgan fingerprint density at radius 3 is 2.53 bits per heavy atom. The monoisotopic (exact) mass is 511 g/mol. The molecule has 0 saturated carbocycles. The van der Waals surface area contributed by atoms with Crippen LogP contribution in [0, 0.1) is 6.92 Å². The van der Waals surface area contributed by atoms with Crippen molar-refractivity contribution in [2.45, 2.75) is 13.1 Å². The molecule has 0 aliphatic heterocycles. The van der Waals surface area contributed by atoms with E-state index in [0.29, 0.717) is 17.0 Å². The van der Waals surface area contributed by atoms with Gasteiger partial charge in [0.2, 0.25) is 0 Å². The highest BCUT2D eigenvalue weighted by molar-refractivity contribution is 7.21. The fourth-order valence-corrected chi connectivity index (χ4v) is 4.66. The molecule has 0 atom stereocenters. The first-order chi connectivity index (χ1) is 17.1. The minimum Gasteiger partial charge on any atom is -0.464 e. The summed E-state index contributed by atoms with van der Waals surface area (Å²) in [6, 6.07) is 12.8. The SMILES string of the molecule is Cc1ccc(-c2cc(C(=O)Nc3c(C(N)=O)sc4nc(C(F)(F)F)cc(-c5ccco5)c34)[nH]n2)cc1. The number of anilines is 1. The first-order valence-electron chi connectivity index (χ1n) is 10.4. The predicted octanol–water partition coefficient (Wildman–Crippen LogP) is 5.62. The molecule has 4 heterocycles. The van der Waals surface area contributed by atoms with E-state index in [0.717, 1.165) is 17.2 Å². The number of nitrogens with zero attached hydrogens (tertiary/aromatic N) is 2. The van der Waals surface area contributed by atoms with Crippen LogP contribution < -0.4 is 11.1 Å². The molecule has 0 aliphatic rings. The van der Waals surface area contributed by atoms with E-state index in [1.165, 1.54) is 24.5 Å². The molecular formula is C24H16F3N5O3S. The number of aromatic amines is 1. The molecular weight excluding hydrogens is 495 g/mol. The van der Waals surface area contributed by atoms with E-state index in [9.17, 15) is 22.8 Å². The number of carbonyl (C=O) groups is 2. The zero-order valence-electron chi connectivity index (χ0n) is 18.4. The van der Waals surface area contributed by atoms with Gasteiger partial charge in [0.1, 0.15) is 26.9 Å². The number of nitrogens with one attached hydrogen (secondary N) is 2. The van der Waals surface area contributed by atoms with Gasteiger partial charge in [0.15, 0.2) is 0 Å². The first-order valence-corrected chi connectivity index (χ1v) is 11.3. The Morgan fingerprint density at radius 1 is 1.14 bits per heavy atom. The molecule has 36 heavy (non-hydrogen) atoms. The summed E-state index contributed by atoms with van der Waals surface area (Å²) in [6.07, 6.45) is -3.45. The van der Waals surface area contributed by atoms with Crippen molar-refractivity contribution in [1.29, 1.82) is 0 Å². The van der Waals surface area contributed by atoms with Crippen LogP contribution >= 0.6 is 11.3 Å². The minimum atomic E-state index is -4.75. The molecule has 12 heteroatoms. The van der Waals surface area contributed by atoms with Crippen LogP contribution in [0.4, 0.5) is 18.9 Å². The predicted molar refractivity (Wildman–Crippen MR) is 128 cm³/mol. The highest BCUT2D eigenvalue weighted by atomic mass is 32.1. The van der Waals surface area contributed by atoms with Gasteiger partial charge in [-0.3, -0.25) is 14.7 Å². The van der Waals surface area contributed by atoms with Crippen LogP contribution in [0.15, 0.2) is 59.2 Å². The Bertz CT molecular complexity index is 1600. The van der Waals surface area contributed by atoms with Gasteiger partial charge in [0.25, 0.3) is 11.8 Å². The number of pyridine rings is 1. The van der Waals surface area contributed by atoms with Gasteiger partial charge in [0, 0.05) is 16.5 Å². The minimum absolute atomic E-state index is 0.00123. The van der Waals surface area contributed by atoms with Crippen LogP contribution in [0.2, 0.25) is 0 Å². The molecule has 0 spiro atoms. The van der Waals surface area contributed by atoms with Crippen LogP contribution in [-0.2, 0) is 6.18 Å². The number of rotatable bonds is 5. The number of H-pyrrole nitrogens is 1. The number of aryl methyl sites for hydroxylation is 1. The maximum absolute atomic E-state index is 13.5. The van der Waals surface area contributed by atoms with Crippen molar-refractivity contribution in [3.05, 3.63) is 76.6 Å². The van der Waals surface area contributed by atoms with Crippen molar-refractivity contribution < 1.29 is 27.2 Å². The van der Waals surface area contributed by atoms with Gasteiger partial charge in [0.05, 0.1) is 17.6 Å². The molecule has 5 aromatic rings. The van der Waals surface area contributed by atoms with Crippen molar-refractivity contribution in [2.24, 2.45) is 5.73 Å². The maximum atomic E-state index is 13.5. The highest BCUT2D eigenvalue weighted by Crippen LogP contribution is 2.43. The quantitative estimate of drug-likeness (QED) is 0.282. The number of thiophene rings is 1. The highest BCUT2D eigenvalue weighted by Gasteiger charge is 2.35. The largest absolute Gasteiger partial charge is 0.464 e. The van der Waals surface area contributed by atoms with E-state index < -0.39 is 23.7 Å². The Balaban J connectivity index is 1.61. The second-order valence-corrected chi connectivity index (χ2v) is 8.87. The van der Waals surface area contributed by atoms with Crippen LogP contribution in [0.3, 0.4) is 0 Å². The Morgan fingerprint density at radius 2 is 1.89 bits per heavy atom. The number of amides is 2. The molecule has 2 amide bonds. The van der Waals surface area contributed by atoms with E-state index in [4.69, 9.17) is 10.2 Å². The standard InChI is InChI=1S/C24H16F3N5O3S/c1-11-4-6-12(7-5-11)14-10-15(32-31-14)22(34)30-19-18-13(16-3-2-8-35-16)9-17(24(25,26)27)29-23(18)36-20(19)21(28)33/h2-10H,1H3,(H2,28,33)(H,30,34)(H,31,32). The number of aromatic nitrogens is 3. The summed E-state index contributed by atoms with van der Waals surface area (Å²) in [6.45, 7) is 1.94. The summed E-state index contributed by atoms with van der Waals surface area (Å²) in [5.74, 6) is -1.51. The van der Waals surface area contributed by atoms with E-state index in [1.807, 2.05) is 31.2 Å². The number of furan rings is 1. The maximum Gasteiger partial charge on any atom is 0.433 e. The summed E-state index contributed by atoms with van der Waals surface area (Å²) in [7, 11) is 0. The molecule has 5 rings (SSSR count). The van der Waals surface area contributed by atoms with Crippen LogP contribution in [0.5, 0.6) is 0 Å². The van der Waals surface area contributed by atoms with E-state index in [1.54, 1.807) is 0 Å². The van der Waals surface area contributed by atoms with E-state index in [-0.39, 0.29) is 37.8 Å². The Labute approximate surface area is 205 Å². The van der Waals surface area contributed by atoms with E-state index >= 15 is 0 Å². The molecule has 0 saturated heterocycles. The van der Waals surface area contributed by atoms with Crippen LogP contribution in [0.25, 0.3) is 32.8 Å². The molecule has 4 aromatic heterocycles. The lowest BCUT2D eigenvalue weighted by Gasteiger charge is -2.10. The summed E-state index contributed by atoms with van der Waals surface area (Å²) in [5.41, 5.74) is 6.69. The summed E-state index contributed by atoms with van der Waals surface area (Å²) in [4.78, 5) is 28.7. The number of nitrogens with two attached hydrogens (primary N) is 1. The van der Waals surface area contributed by atoms with Gasteiger partial charge in [-0.05, 0) is 31.2 Å². The third-order valence-electron chi connectivity index (χ3n) is 5.37. The molecule has 0 fully saturated rings. The summed E-state index contributed by atoms with van der Waals surface area (Å²) < 4.78 is 45.9. The smallest absolute Gasteiger partial charge is 0.433 e. The van der Waals surface area contributed by atoms with Crippen molar-refractivity contribution >= 4 is 39.1 Å². The molecule has 8 nitrogen and oxygen atoms in total. The van der Waals surface area contributed by atoms with Crippen molar-refractivity contribution in [1.82, 2.24) is 15.2 Å². The number of hydrogen-bond donors (Lipinski definition) is 3. The fourth-order valence-electron chi connectivity index (χ4n) is 3.65. The second-order valence-electron chi connectivity index (χ2n) is 7.87. The normalized spacial score (nSPS) is 11.7. The topological polar surface area (TPSA) is 127 Å². The van der Waals surface area contributed by atoms with Gasteiger partial charge < -0.3 is 15.5 Å². The average molecular weight is 511 g/mol. The Hall–Kier alpha value is -4.45. The molecule has 0 aliphatic carbocycles. The van der Waals surface area contributed by atoms with Gasteiger partial charge in [-0.25, -0.2) is 4.98 Å². The van der Waals surface area contributed by atoms with Gasteiger partial charge >= 0.3 is 6.18 Å². The second kappa shape index (κ2) is 8.64. The third kappa shape index (κ3) is 4.22. The van der Waals surface area contributed by atoms with Crippen molar-refractivity contribution in [3.63, 3.8) is 0 Å². The van der Waals surface area contributed by atoms with Crippen molar-refractivity contribution in [2.75, 3.05) is 5.32 Å². The van der Waals surface area contributed by atoms with E-state index in [2.05, 4.69) is 20.5 Å². The van der Waals surface area contributed by atoms with Crippen molar-refractivity contribution in [3.8, 4) is 22.6 Å². The number of carbonyl (C=O) groups excluding carboxylic acids is 2. The molecule has 0 bridgehead atoms. The lowest BCUT2D eigenvalue weighted by atomic mass is 10.1. The summed E-state index contributed by atoms with van der Waals surface area (Å²) >= 11 is 0.646. The number of fused-ring (bicyclic) bond motifs is 1. The lowest BCUT2D eigenvalue weighted by Crippen LogP contribution is -2.17. The zero-order valence-corrected chi connectivity index (χ0v) is 19.3. The first kappa shape index (κ1) is 23.3. The number of hydrogen-bond acceptors (Lipinski definition) is 6. The zero-order chi connectivity index (χ0) is 25.6. The van der Waals surface area contributed by atoms with Crippen LogP contribution in [-0.4, -0.2) is 27.0 Å². The molecule has 0 radical (unpaired) electrons. The molecule has 1 aromatic carbocycles.